The van der Waals surface area contributed by atoms with Crippen molar-refractivity contribution in [3.8, 4) is 0 Å². The number of unbranched alkanes of at least 4 members (excludes halogenated alkanes) is 2. The van der Waals surface area contributed by atoms with Gasteiger partial charge >= 0.3 is 167 Å². The van der Waals surface area contributed by atoms with Crippen LogP contribution in [-0.2, 0) is 9.53 Å². The number of nitrogens with two attached hydrogens (primary N) is 1. The monoisotopic (exact) mass is 479 g/mol. The molecule has 0 saturated heterocycles. The average Bonchev–Trinajstić information content (AvgIpc) is 2.53. The molecule has 0 radical (unpaired) electrons. The standard InChI is InChI=1S/C19H32IN2O4/c1-6-7-11-15(14(2)3)20-19(4,5)26-18(25)22-16(17(23)24)12-9-8-10-13-21/h6-7,11,16H,1,8-10,12-13,21H2,2-5H3,(H,22,25)(H,23,24)/q-1/b11-7-. The molecule has 1 unspecified atom stereocenters. The summed E-state index contributed by atoms with van der Waals surface area (Å²) in [6, 6.07) is -0.946. The summed E-state index contributed by atoms with van der Waals surface area (Å²) < 4.78 is 6.02. The molecule has 26 heavy (non-hydrogen) atoms. The molecule has 1 amide bonds. The van der Waals surface area contributed by atoms with Crippen molar-refractivity contribution in [1.29, 1.82) is 0 Å². The van der Waals surface area contributed by atoms with E-state index in [0.717, 1.165) is 22.0 Å². The van der Waals surface area contributed by atoms with Gasteiger partial charge in [-0.2, -0.15) is 0 Å². The summed E-state index contributed by atoms with van der Waals surface area (Å²) >= 11 is -0.632. The maximum absolute atomic E-state index is 12.2. The van der Waals surface area contributed by atoms with E-state index >= 15 is 0 Å². The van der Waals surface area contributed by atoms with Crippen molar-refractivity contribution in [3.63, 3.8) is 0 Å². The van der Waals surface area contributed by atoms with Crippen LogP contribution in [0.1, 0.15) is 53.4 Å². The van der Waals surface area contributed by atoms with Gasteiger partial charge in [-0.15, -0.1) is 0 Å². The molecule has 0 bridgehead atoms. The molecule has 0 aliphatic carbocycles. The number of rotatable bonds is 12. The molecule has 0 aromatic rings. The second-order valence-electron chi connectivity index (χ2n) is 6.46. The van der Waals surface area contributed by atoms with Crippen molar-refractivity contribution < 1.29 is 40.6 Å². The van der Waals surface area contributed by atoms with Gasteiger partial charge in [-0.3, -0.25) is 0 Å². The van der Waals surface area contributed by atoms with Crippen LogP contribution in [0.15, 0.2) is 34.0 Å². The van der Waals surface area contributed by atoms with E-state index in [-0.39, 0.29) is 0 Å². The van der Waals surface area contributed by atoms with E-state index in [1.807, 2.05) is 39.8 Å². The summed E-state index contributed by atoms with van der Waals surface area (Å²) in [7, 11) is 0. The van der Waals surface area contributed by atoms with E-state index < -0.39 is 42.9 Å². The van der Waals surface area contributed by atoms with Gasteiger partial charge in [0.2, 0.25) is 0 Å². The van der Waals surface area contributed by atoms with E-state index in [0.29, 0.717) is 19.4 Å². The predicted octanol–water partition coefficient (Wildman–Crippen LogP) is 0.546. The van der Waals surface area contributed by atoms with Gasteiger partial charge in [0.05, 0.1) is 0 Å². The summed E-state index contributed by atoms with van der Waals surface area (Å²) in [5.74, 6) is -1.05. The normalized spacial score (nSPS) is 12.7. The fraction of sp³-hybridized carbons (Fsp3) is 0.579. The molecule has 0 heterocycles. The fourth-order valence-corrected chi connectivity index (χ4v) is 4.67. The van der Waals surface area contributed by atoms with Crippen molar-refractivity contribution in [3.05, 3.63) is 34.0 Å². The minimum atomic E-state index is -1.05. The molecule has 6 nitrogen and oxygen atoms in total. The molecule has 4 N–H and O–H groups in total. The zero-order chi connectivity index (χ0) is 20.2. The van der Waals surface area contributed by atoms with E-state index in [9.17, 15) is 14.7 Å². The molecular weight excluding hydrogens is 447 g/mol. The van der Waals surface area contributed by atoms with Gasteiger partial charge < -0.3 is 0 Å². The van der Waals surface area contributed by atoms with Crippen LogP contribution in [0.2, 0.25) is 0 Å². The van der Waals surface area contributed by atoms with Crippen molar-refractivity contribution in [2.45, 2.75) is 63.0 Å². The number of carboxylic acids is 1. The van der Waals surface area contributed by atoms with Crippen LogP contribution >= 0.6 is 0 Å². The Bertz CT molecular complexity index is 538. The van der Waals surface area contributed by atoms with Gasteiger partial charge in [0.25, 0.3) is 0 Å². The Morgan fingerprint density at radius 3 is 2.46 bits per heavy atom. The Labute approximate surface area is 167 Å². The van der Waals surface area contributed by atoms with Crippen LogP contribution in [0.25, 0.3) is 0 Å². The van der Waals surface area contributed by atoms with Crippen LogP contribution < -0.4 is 32.3 Å². The summed E-state index contributed by atoms with van der Waals surface area (Å²) in [5, 5.41) is 11.7. The molecule has 0 aliphatic heterocycles. The molecule has 0 saturated carbocycles. The van der Waals surface area contributed by atoms with E-state index in [2.05, 4.69) is 11.9 Å². The van der Waals surface area contributed by atoms with Crippen molar-refractivity contribution >= 4 is 12.1 Å². The molecule has 0 spiro atoms. The first-order valence-corrected chi connectivity index (χ1v) is 10.8. The van der Waals surface area contributed by atoms with Crippen LogP contribution in [0, 0.1) is 0 Å². The van der Waals surface area contributed by atoms with E-state index in [1.165, 1.54) is 0 Å². The van der Waals surface area contributed by atoms with Gasteiger partial charge in [0.1, 0.15) is 0 Å². The molecular formula is C19H32IN2O4-. The third-order valence-corrected chi connectivity index (χ3v) is 6.85. The first kappa shape index (κ1) is 24.7. The number of alkyl halides is 1. The topological polar surface area (TPSA) is 102 Å². The van der Waals surface area contributed by atoms with Gasteiger partial charge in [0.15, 0.2) is 0 Å². The molecule has 0 rings (SSSR count). The van der Waals surface area contributed by atoms with Crippen LogP contribution in [0.5, 0.6) is 0 Å². The number of nitrogens with one attached hydrogen (secondary N) is 1. The Hall–Kier alpha value is -1.35. The minimum absolute atomic E-state index is 0.362. The molecule has 0 aromatic heterocycles. The Morgan fingerprint density at radius 2 is 1.96 bits per heavy atom. The van der Waals surface area contributed by atoms with E-state index in [1.54, 1.807) is 6.08 Å². The third kappa shape index (κ3) is 11.3. The third-order valence-electron chi connectivity index (χ3n) is 3.31. The predicted molar refractivity (Wildman–Crippen MR) is 100 cm³/mol. The zero-order valence-electron chi connectivity index (χ0n) is 16.2. The molecule has 0 aromatic carbocycles. The average molecular weight is 479 g/mol. The number of aliphatic carboxylic acids is 1. The number of halogens is 1. The second-order valence-corrected chi connectivity index (χ2v) is 10.8. The molecule has 0 aliphatic rings. The molecule has 150 valence electrons. The summed E-state index contributed by atoms with van der Waals surface area (Å²) in [4.78, 5) is 23.5. The number of ether oxygens (including phenoxy) is 1. The quantitative estimate of drug-likeness (QED) is 0.164. The van der Waals surface area contributed by atoms with Crippen LogP contribution in [0.3, 0.4) is 0 Å². The van der Waals surface area contributed by atoms with Crippen molar-refractivity contribution in [1.82, 2.24) is 5.32 Å². The first-order valence-electron chi connectivity index (χ1n) is 8.68. The van der Waals surface area contributed by atoms with Crippen molar-refractivity contribution in [2.75, 3.05) is 6.54 Å². The number of allylic oxidation sites excluding steroid dienone is 5. The summed E-state index contributed by atoms with van der Waals surface area (Å²) in [5.41, 5.74) is 6.59. The number of hydrogen-bond donors (Lipinski definition) is 3. The van der Waals surface area contributed by atoms with Crippen LogP contribution in [0.4, 0.5) is 4.79 Å². The summed E-state index contributed by atoms with van der Waals surface area (Å²) in [6.45, 7) is 12.0. The Balaban J connectivity index is 4.77. The summed E-state index contributed by atoms with van der Waals surface area (Å²) in [6.07, 6.45) is 7.60. The molecule has 0 fully saturated rings. The second kappa shape index (κ2) is 12.9. The zero-order valence-corrected chi connectivity index (χ0v) is 18.3. The Morgan fingerprint density at radius 1 is 1.31 bits per heavy atom. The number of carboxylic acid groups (broad SMARTS) is 1. The SMILES string of the molecule is C=C/C=C\C([I-]C(C)(C)OC(=O)NC(CCCCCN)C(=O)O)=C(C)C. The molecule has 1 atom stereocenters. The van der Waals surface area contributed by atoms with Crippen molar-refractivity contribution in [2.24, 2.45) is 5.73 Å². The van der Waals surface area contributed by atoms with Gasteiger partial charge in [-0.1, -0.05) is 0 Å². The van der Waals surface area contributed by atoms with Gasteiger partial charge in [0, 0.05) is 0 Å². The maximum atomic E-state index is 12.2. The first-order chi connectivity index (χ1) is 12.1. The van der Waals surface area contributed by atoms with E-state index in [4.69, 9.17) is 10.5 Å². The number of amides is 1. The molecule has 7 heteroatoms. The van der Waals surface area contributed by atoms with Crippen LogP contribution in [-0.4, -0.2) is 33.4 Å². The number of carbonyl (C=O) groups is 2. The fourth-order valence-electron chi connectivity index (χ4n) is 2.03. The number of carbonyl (C=O) groups excluding carboxylic acids is 1. The number of alkyl carbamates (subject to hydrolysis) is 1. The Kier molecular flexibility index (Phi) is 12.2. The van der Waals surface area contributed by atoms with Gasteiger partial charge in [-0.25, -0.2) is 0 Å². The van der Waals surface area contributed by atoms with Gasteiger partial charge in [-0.05, 0) is 0 Å². The number of hydrogen-bond acceptors (Lipinski definition) is 4.